The van der Waals surface area contributed by atoms with Gasteiger partial charge in [-0.05, 0) is 62.6 Å². The summed E-state index contributed by atoms with van der Waals surface area (Å²) in [5.74, 6) is 0.319. The SMILES string of the molecule is C[C@@H](C(=O)Nc1ccc(NC(=O)c2cccnc2N2CCCCC2)cc1)n1cncn1. The minimum atomic E-state index is -0.485. The third-order valence-electron chi connectivity index (χ3n) is 5.31. The van der Waals surface area contributed by atoms with E-state index in [1.54, 1.807) is 49.5 Å². The maximum absolute atomic E-state index is 12.9. The molecule has 1 fully saturated rings. The van der Waals surface area contributed by atoms with Crippen molar-refractivity contribution in [1.82, 2.24) is 19.7 Å². The lowest BCUT2D eigenvalue weighted by molar-refractivity contribution is -0.119. The zero-order valence-electron chi connectivity index (χ0n) is 17.4. The van der Waals surface area contributed by atoms with Gasteiger partial charge in [0.05, 0.1) is 5.56 Å². The van der Waals surface area contributed by atoms with E-state index in [1.807, 2.05) is 0 Å². The first-order valence-electron chi connectivity index (χ1n) is 10.4. The van der Waals surface area contributed by atoms with Crippen molar-refractivity contribution in [2.45, 2.75) is 32.2 Å². The van der Waals surface area contributed by atoms with Crippen molar-refractivity contribution >= 4 is 29.0 Å². The van der Waals surface area contributed by atoms with Crippen LogP contribution in [-0.4, -0.2) is 44.7 Å². The van der Waals surface area contributed by atoms with E-state index >= 15 is 0 Å². The second-order valence-electron chi connectivity index (χ2n) is 7.49. The van der Waals surface area contributed by atoms with Gasteiger partial charge in [0.15, 0.2) is 0 Å². The summed E-state index contributed by atoms with van der Waals surface area (Å²) in [6, 6.07) is 10.1. The number of rotatable bonds is 6. The number of hydrogen-bond donors (Lipinski definition) is 2. The number of aromatic nitrogens is 4. The Kier molecular flexibility index (Phi) is 6.21. The molecule has 160 valence electrons. The molecule has 2 N–H and O–H groups in total. The normalized spacial score (nSPS) is 14.7. The fraction of sp³-hybridized carbons (Fsp3) is 0.318. The van der Waals surface area contributed by atoms with Crippen LogP contribution < -0.4 is 15.5 Å². The number of anilines is 3. The highest BCUT2D eigenvalue weighted by molar-refractivity contribution is 6.07. The molecule has 1 atom stereocenters. The van der Waals surface area contributed by atoms with Gasteiger partial charge >= 0.3 is 0 Å². The van der Waals surface area contributed by atoms with Crippen LogP contribution in [0.3, 0.4) is 0 Å². The van der Waals surface area contributed by atoms with Crippen LogP contribution in [-0.2, 0) is 4.79 Å². The molecular formula is C22H25N7O2. The van der Waals surface area contributed by atoms with Crippen LogP contribution in [0.4, 0.5) is 17.2 Å². The molecule has 0 aliphatic carbocycles. The lowest BCUT2D eigenvalue weighted by atomic mass is 10.1. The zero-order valence-corrected chi connectivity index (χ0v) is 17.4. The first kappa shape index (κ1) is 20.5. The first-order valence-corrected chi connectivity index (χ1v) is 10.4. The highest BCUT2D eigenvalue weighted by Gasteiger charge is 2.20. The molecule has 0 bridgehead atoms. The van der Waals surface area contributed by atoms with Crippen LogP contribution in [0.2, 0.25) is 0 Å². The van der Waals surface area contributed by atoms with Gasteiger partial charge in [0.25, 0.3) is 5.91 Å². The number of carbonyl (C=O) groups excluding carboxylic acids is 2. The average Bonchev–Trinajstić information content (AvgIpc) is 3.35. The number of nitrogens with zero attached hydrogens (tertiary/aromatic N) is 5. The van der Waals surface area contributed by atoms with E-state index in [0.29, 0.717) is 16.9 Å². The fourth-order valence-electron chi connectivity index (χ4n) is 3.55. The van der Waals surface area contributed by atoms with Crippen molar-refractivity contribution in [3.63, 3.8) is 0 Å². The highest BCUT2D eigenvalue weighted by atomic mass is 16.2. The van der Waals surface area contributed by atoms with Gasteiger partial charge in [-0.2, -0.15) is 5.10 Å². The summed E-state index contributed by atoms with van der Waals surface area (Å²) in [5.41, 5.74) is 1.83. The predicted molar refractivity (Wildman–Crippen MR) is 118 cm³/mol. The van der Waals surface area contributed by atoms with Crippen LogP contribution in [0, 0.1) is 0 Å². The van der Waals surface area contributed by atoms with Gasteiger partial charge in [0.1, 0.15) is 24.5 Å². The van der Waals surface area contributed by atoms with Gasteiger partial charge in [-0.3, -0.25) is 9.59 Å². The van der Waals surface area contributed by atoms with Crippen molar-refractivity contribution in [2.24, 2.45) is 0 Å². The Balaban J connectivity index is 1.40. The van der Waals surface area contributed by atoms with Crippen molar-refractivity contribution in [3.05, 3.63) is 60.8 Å². The van der Waals surface area contributed by atoms with Gasteiger partial charge < -0.3 is 15.5 Å². The van der Waals surface area contributed by atoms with Crippen LogP contribution in [0.5, 0.6) is 0 Å². The summed E-state index contributed by atoms with van der Waals surface area (Å²) >= 11 is 0. The molecule has 0 radical (unpaired) electrons. The summed E-state index contributed by atoms with van der Waals surface area (Å²) in [4.78, 5) is 35.7. The van der Waals surface area contributed by atoms with Crippen LogP contribution in [0.25, 0.3) is 0 Å². The number of benzene rings is 1. The average molecular weight is 419 g/mol. The molecule has 2 amide bonds. The number of nitrogens with one attached hydrogen (secondary N) is 2. The number of hydrogen-bond acceptors (Lipinski definition) is 6. The Morgan fingerprint density at radius 1 is 1.00 bits per heavy atom. The Hall–Kier alpha value is -3.75. The van der Waals surface area contributed by atoms with Crippen LogP contribution in [0.15, 0.2) is 55.2 Å². The first-order chi connectivity index (χ1) is 15.1. The van der Waals surface area contributed by atoms with E-state index in [2.05, 4.69) is 30.6 Å². The van der Waals surface area contributed by atoms with E-state index in [1.165, 1.54) is 23.8 Å². The molecule has 4 rings (SSSR count). The summed E-state index contributed by atoms with van der Waals surface area (Å²) in [5, 5.41) is 9.74. The summed E-state index contributed by atoms with van der Waals surface area (Å²) in [6.07, 6.45) is 8.05. The van der Waals surface area contributed by atoms with Gasteiger partial charge in [0, 0.05) is 30.7 Å². The van der Waals surface area contributed by atoms with Crippen molar-refractivity contribution in [2.75, 3.05) is 28.6 Å². The topological polar surface area (TPSA) is 105 Å². The molecule has 1 aliphatic heterocycles. The molecule has 2 aromatic heterocycles. The Morgan fingerprint density at radius 2 is 1.71 bits per heavy atom. The predicted octanol–water partition coefficient (Wildman–Crippen LogP) is 3.12. The van der Waals surface area contributed by atoms with Crippen LogP contribution in [0.1, 0.15) is 42.6 Å². The number of amides is 2. The smallest absolute Gasteiger partial charge is 0.259 e. The minimum Gasteiger partial charge on any atom is -0.356 e. The molecule has 0 saturated carbocycles. The van der Waals surface area contributed by atoms with Crippen LogP contribution >= 0.6 is 0 Å². The molecule has 9 heteroatoms. The zero-order chi connectivity index (χ0) is 21.6. The van der Waals surface area contributed by atoms with Crippen molar-refractivity contribution in [3.8, 4) is 0 Å². The van der Waals surface area contributed by atoms with E-state index in [0.717, 1.165) is 31.7 Å². The molecular weight excluding hydrogens is 394 g/mol. The van der Waals surface area contributed by atoms with E-state index in [4.69, 9.17) is 0 Å². The summed E-state index contributed by atoms with van der Waals surface area (Å²) in [6.45, 7) is 3.57. The second kappa shape index (κ2) is 9.38. The van der Waals surface area contributed by atoms with Gasteiger partial charge in [-0.25, -0.2) is 14.6 Å². The molecule has 3 aromatic rings. The lowest BCUT2D eigenvalue weighted by Crippen LogP contribution is -2.32. The lowest BCUT2D eigenvalue weighted by Gasteiger charge is -2.29. The second-order valence-corrected chi connectivity index (χ2v) is 7.49. The van der Waals surface area contributed by atoms with Crippen molar-refractivity contribution in [1.29, 1.82) is 0 Å². The Morgan fingerprint density at radius 3 is 2.39 bits per heavy atom. The van der Waals surface area contributed by atoms with Gasteiger partial charge in [-0.15, -0.1) is 0 Å². The molecule has 0 unspecified atom stereocenters. The quantitative estimate of drug-likeness (QED) is 0.636. The summed E-state index contributed by atoms with van der Waals surface area (Å²) in [7, 11) is 0. The molecule has 1 aliphatic rings. The molecule has 1 aromatic carbocycles. The fourth-order valence-corrected chi connectivity index (χ4v) is 3.55. The molecule has 3 heterocycles. The Labute approximate surface area is 180 Å². The maximum atomic E-state index is 12.9. The standard InChI is InChI=1S/C22H25N7O2/c1-16(29-15-23-14-25-29)21(30)26-17-7-9-18(10-8-17)27-22(31)19-6-5-11-24-20(19)28-12-3-2-4-13-28/h5-11,14-16H,2-4,12-13H2,1H3,(H,26,30)(H,27,31)/t16-/m0/s1. The van der Waals surface area contributed by atoms with E-state index in [-0.39, 0.29) is 11.8 Å². The summed E-state index contributed by atoms with van der Waals surface area (Å²) < 4.78 is 1.48. The van der Waals surface area contributed by atoms with Crippen molar-refractivity contribution < 1.29 is 9.59 Å². The molecule has 0 spiro atoms. The molecule has 31 heavy (non-hydrogen) atoms. The molecule has 9 nitrogen and oxygen atoms in total. The largest absolute Gasteiger partial charge is 0.356 e. The Bertz CT molecular complexity index is 1030. The number of carbonyl (C=O) groups is 2. The number of piperidine rings is 1. The van der Waals surface area contributed by atoms with E-state index < -0.39 is 6.04 Å². The minimum absolute atomic E-state index is 0.203. The monoisotopic (exact) mass is 419 g/mol. The third kappa shape index (κ3) is 4.88. The number of pyridine rings is 1. The highest BCUT2D eigenvalue weighted by Crippen LogP contribution is 2.23. The van der Waals surface area contributed by atoms with Gasteiger partial charge in [0.2, 0.25) is 5.91 Å². The molecule has 1 saturated heterocycles. The third-order valence-corrected chi connectivity index (χ3v) is 5.31. The maximum Gasteiger partial charge on any atom is 0.259 e. The van der Waals surface area contributed by atoms with Gasteiger partial charge in [-0.1, -0.05) is 0 Å². The van der Waals surface area contributed by atoms with E-state index in [9.17, 15) is 9.59 Å².